The average molecular weight is 180 g/mol. The van der Waals surface area contributed by atoms with Crippen molar-refractivity contribution in [2.24, 2.45) is 5.41 Å². The highest BCUT2D eigenvalue weighted by atomic mass is 15.1. The van der Waals surface area contributed by atoms with Crippen LogP contribution < -0.4 is 5.32 Å². The summed E-state index contributed by atoms with van der Waals surface area (Å²) in [5.74, 6) is 2.72. The number of hydrogen-bond acceptors (Lipinski definition) is 2. The van der Waals surface area contributed by atoms with Crippen LogP contribution >= 0.6 is 0 Å². The van der Waals surface area contributed by atoms with Gasteiger partial charge in [0.15, 0.2) is 0 Å². The van der Waals surface area contributed by atoms with Crippen molar-refractivity contribution in [3.63, 3.8) is 0 Å². The fraction of sp³-hybridized carbons (Fsp3) is 0.818. The summed E-state index contributed by atoms with van der Waals surface area (Å²) in [5, 5.41) is 3.41. The molecule has 0 spiro atoms. The number of terminal acetylenes is 1. The lowest BCUT2D eigenvalue weighted by Crippen LogP contribution is -2.37. The highest BCUT2D eigenvalue weighted by Gasteiger charge is 2.29. The second-order valence-electron chi connectivity index (χ2n) is 4.24. The normalized spacial score (nSPS) is 27.8. The zero-order chi connectivity index (χ0) is 9.73. The van der Waals surface area contributed by atoms with Crippen LogP contribution in [0.25, 0.3) is 0 Å². The quantitative estimate of drug-likeness (QED) is 0.648. The molecule has 13 heavy (non-hydrogen) atoms. The summed E-state index contributed by atoms with van der Waals surface area (Å²) >= 11 is 0. The minimum atomic E-state index is 0.437. The number of nitrogens with one attached hydrogen (secondary N) is 1. The van der Waals surface area contributed by atoms with Gasteiger partial charge in [0.1, 0.15) is 0 Å². The fourth-order valence-electron chi connectivity index (χ4n) is 1.95. The molecule has 0 aromatic heterocycles. The molecule has 2 nitrogen and oxygen atoms in total. The van der Waals surface area contributed by atoms with E-state index in [0.717, 1.165) is 32.7 Å². The molecule has 1 aliphatic heterocycles. The molecule has 74 valence electrons. The second kappa shape index (κ2) is 4.64. The Bertz CT molecular complexity index is 187. The van der Waals surface area contributed by atoms with E-state index < -0.39 is 0 Å². The Hall–Kier alpha value is -0.520. The van der Waals surface area contributed by atoms with Crippen molar-refractivity contribution in [2.75, 3.05) is 32.7 Å². The van der Waals surface area contributed by atoms with E-state index in [4.69, 9.17) is 6.42 Å². The van der Waals surface area contributed by atoms with Crippen molar-refractivity contribution in [2.45, 2.75) is 20.3 Å². The van der Waals surface area contributed by atoms with Gasteiger partial charge in [-0.3, -0.25) is 4.90 Å². The maximum atomic E-state index is 5.32. The van der Waals surface area contributed by atoms with Crippen molar-refractivity contribution < 1.29 is 0 Å². The summed E-state index contributed by atoms with van der Waals surface area (Å²) in [5.41, 5.74) is 0.437. The lowest BCUT2D eigenvalue weighted by Gasteiger charge is -2.29. The van der Waals surface area contributed by atoms with Crippen LogP contribution in [-0.4, -0.2) is 37.6 Å². The standard InChI is InChI=1S/C11H20N2/c1-4-8-13(5-2)10-11(3)6-7-12-9-11/h1,12H,5-10H2,2-3H3. The first-order valence-corrected chi connectivity index (χ1v) is 5.07. The fourth-order valence-corrected chi connectivity index (χ4v) is 1.95. The van der Waals surface area contributed by atoms with E-state index in [-0.39, 0.29) is 0 Å². The van der Waals surface area contributed by atoms with E-state index >= 15 is 0 Å². The Morgan fingerprint density at radius 2 is 2.38 bits per heavy atom. The molecule has 1 rings (SSSR count). The summed E-state index contributed by atoms with van der Waals surface area (Å²) in [6, 6.07) is 0. The third kappa shape index (κ3) is 3.02. The van der Waals surface area contributed by atoms with Gasteiger partial charge in [0.25, 0.3) is 0 Å². The van der Waals surface area contributed by atoms with Crippen molar-refractivity contribution in [1.82, 2.24) is 10.2 Å². The summed E-state index contributed by atoms with van der Waals surface area (Å²) in [4.78, 5) is 2.34. The van der Waals surface area contributed by atoms with Crippen LogP contribution in [0.5, 0.6) is 0 Å². The largest absolute Gasteiger partial charge is 0.316 e. The maximum Gasteiger partial charge on any atom is 0.0599 e. The number of hydrogen-bond donors (Lipinski definition) is 1. The molecular weight excluding hydrogens is 160 g/mol. The molecule has 2 heteroatoms. The highest BCUT2D eigenvalue weighted by molar-refractivity contribution is 4.92. The second-order valence-corrected chi connectivity index (χ2v) is 4.24. The first-order valence-electron chi connectivity index (χ1n) is 5.07. The van der Waals surface area contributed by atoms with Gasteiger partial charge in [0.2, 0.25) is 0 Å². The van der Waals surface area contributed by atoms with Gasteiger partial charge in [0, 0.05) is 13.1 Å². The summed E-state index contributed by atoms with van der Waals surface area (Å²) in [7, 11) is 0. The molecule has 0 saturated carbocycles. The van der Waals surface area contributed by atoms with Crippen molar-refractivity contribution in [3.8, 4) is 12.3 Å². The highest BCUT2D eigenvalue weighted by Crippen LogP contribution is 2.25. The van der Waals surface area contributed by atoms with Crippen LogP contribution in [-0.2, 0) is 0 Å². The Morgan fingerprint density at radius 1 is 1.62 bits per heavy atom. The van der Waals surface area contributed by atoms with Crippen LogP contribution in [0.1, 0.15) is 20.3 Å². The third-order valence-corrected chi connectivity index (χ3v) is 2.82. The molecule has 0 amide bonds. The minimum Gasteiger partial charge on any atom is -0.316 e. The van der Waals surface area contributed by atoms with Crippen LogP contribution in [0, 0.1) is 17.8 Å². The smallest absolute Gasteiger partial charge is 0.0599 e. The predicted octanol–water partition coefficient (Wildman–Crippen LogP) is 0.941. The van der Waals surface area contributed by atoms with E-state index in [1.54, 1.807) is 0 Å². The van der Waals surface area contributed by atoms with E-state index in [9.17, 15) is 0 Å². The van der Waals surface area contributed by atoms with Gasteiger partial charge in [0.05, 0.1) is 6.54 Å². The van der Waals surface area contributed by atoms with E-state index in [2.05, 4.69) is 30.0 Å². The molecule has 0 aromatic rings. The van der Waals surface area contributed by atoms with Gasteiger partial charge in [-0.1, -0.05) is 19.8 Å². The molecule has 1 N–H and O–H groups in total. The zero-order valence-corrected chi connectivity index (χ0v) is 8.77. The van der Waals surface area contributed by atoms with Gasteiger partial charge < -0.3 is 5.32 Å². The predicted molar refractivity (Wildman–Crippen MR) is 56.5 cm³/mol. The molecule has 1 unspecified atom stereocenters. The first-order chi connectivity index (χ1) is 6.20. The summed E-state index contributed by atoms with van der Waals surface area (Å²) < 4.78 is 0. The number of nitrogens with zero attached hydrogens (tertiary/aromatic N) is 1. The monoisotopic (exact) mass is 180 g/mol. The van der Waals surface area contributed by atoms with E-state index in [1.807, 2.05) is 0 Å². The Morgan fingerprint density at radius 3 is 2.85 bits per heavy atom. The molecular formula is C11H20N2. The van der Waals surface area contributed by atoms with Gasteiger partial charge >= 0.3 is 0 Å². The van der Waals surface area contributed by atoms with E-state index in [1.165, 1.54) is 6.42 Å². The zero-order valence-electron chi connectivity index (χ0n) is 8.77. The van der Waals surface area contributed by atoms with Crippen LogP contribution in [0.2, 0.25) is 0 Å². The van der Waals surface area contributed by atoms with E-state index in [0.29, 0.717) is 5.41 Å². The van der Waals surface area contributed by atoms with Crippen molar-refractivity contribution >= 4 is 0 Å². The van der Waals surface area contributed by atoms with Gasteiger partial charge in [-0.15, -0.1) is 6.42 Å². The molecule has 0 bridgehead atoms. The van der Waals surface area contributed by atoms with Gasteiger partial charge in [-0.05, 0) is 24.9 Å². The van der Waals surface area contributed by atoms with Gasteiger partial charge in [-0.25, -0.2) is 0 Å². The molecule has 0 aromatic carbocycles. The first kappa shape index (κ1) is 10.6. The SMILES string of the molecule is C#CCN(CC)CC1(C)CCNC1. The van der Waals surface area contributed by atoms with Crippen molar-refractivity contribution in [3.05, 3.63) is 0 Å². The lowest BCUT2D eigenvalue weighted by atomic mass is 9.89. The van der Waals surface area contributed by atoms with Crippen LogP contribution in [0.4, 0.5) is 0 Å². The molecule has 1 fully saturated rings. The minimum absolute atomic E-state index is 0.437. The average Bonchev–Trinajstić information content (AvgIpc) is 2.51. The Balaban J connectivity index is 2.40. The Kier molecular flexibility index (Phi) is 3.77. The molecule has 0 radical (unpaired) electrons. The molecule has 1 saturated heterocycles. The molecule has 1 aliphatic rings. The van der Waals surface area contributed by atoms with Crippen molar-refractivity contribution in [1.29, 1.82) is 0 Å². The summed E-state index contributed by atoms with van der Waals surface area (Å²) in [6.07, 6.45) is 6.59. The van der Waals surface area contributed by atoms with Crippen LogP contribution in [0.15, 0.2) is 0 Å². The maximum absolute atomic E-state index is 5.32. The van der Waals surface area contributed by atoms with Gasteiger partial charge in [-0.2, -0.15) is 0 Å². The molecule has 1 atom stereocenters. The topological polar surface area (TPSA) is 15.3 Å². The Labute approximate surface area is 81.7 Å². The summed E-state index contributed by atoms with van der Waals surface area (Å²) in [6.45, 7) is 9.76. The third-order valence-electron chi connectivity index (χ3n) is 2.82. The number of rotatable bonds is 4. The van der Waals surface area contributed by atoms with Crippen LogP contribution in [0.3, 0.4) is 0 Å². The molecule has 1 heterocycles. The molecule has 0 aliphatic carbocycles. The lowest BCUT2D eigenvalue weighted by molar-refractivity contribution is 0.202.